The fourth-order valence-electron chi connectivity index (χ4n) is 0. The molecule has 5 heteroatoms. The number of hydrogen-bond donors (Lipinski definition) is 2. The highest BCUT2D eigenvalue weighted by Gasteiger charge is 2.14. The average molecular weight is 193 g/mol. The summed E-state index contributed by atoms with van der Waals surface area (Å²) in [5, 5.41) is 26.3. The second-order valence-electron chi connectivity index (χ2n) is 3.57. The van der Waals surface area contributed by atoms with Crippen molar-refractivity contribution in [1.82, 2.24) is 0 Å². The van der Waals surface area contributed by atoms with E-state index in [1.54, 1.807) is 14.1 Å². The topological polar surface area (TPSA) is 80.6 Å². The van der Waals surface area contributed by atoms with Crippen LogP contribution in [0.3, 0.4) is 0 Å². The molecule has 0 aliphatic rings. The van der Waals surface area contributed by atoms with Crippen LogP contribution >= 0.6 is 0 Å². The summed E-state index contributed by atoms with van der Waals surface area (Å²) in [5.74, 6) is -1.44. The molecule has 0 fully saturated rings. The van der Waals surface area contributed by atoms with Gasteiger partial charge in [0, 0.05) is 0 Å². The largest absolute Gasteiger partial charge is 0.547 e. The van der Waals surface area contributed by atoms with Crippen LogP contribution in [0.2, 0.25) is 0 Å². The summed E-state index contributed by atoms with van der Waals surface area (Å²) in [6, 6.07) is 0.292. The smallest absolute Gasteiger partial charge is 0.113 e. The SMILES string of the molecule is CC(C)[N+](C)(C)O.CC(O)C(=O)[O-]. The third-order valence-corrected chi connectivity index (χ3v) is 1.60. The van der Waals surface area contributed by atoms with Crippen molar-refractivity contribution < 1.29 is 24.9 Å². The molecule has 0 rings (SSSR count). The first-order chi connectivity index (χ1) is 5.59. The van der Waals surface area contributed by atoms with Gasteiger partial charge < -0.3 is 15.0 Å². The molecule has 80 valence electrons. The fraction of sp³-hybridized carbons (Fsp3) is 0.875. The molecule has 0 aliphatic heterocycles. The number of carboxylic acids is 1. The Hall–Kier alpha value is -0.650. The summed E-state index contributed by atoms with van der Waals surface area (Å²) in [5.41, 5.74) is 0. The van der Waals surface area contributed by atoms with E-state index in [9.17, 15) is 9.90 Å². The van der Waals surface area contributed by atoms with Crippen LogP contribution in [-0.2, 0) is 4.79 Å². The zero-order valence-electron chi connectivity index (χ0n) is 8.81. The van der Waals surface area contributed by atoms with Crippen LogP contribution in [-0.4, -0.2) is 47.2 Å². The highest BCUT2D eigenvalue weighted by Crippen LogP contribution is 1.97. The number of aliphatic hydroxyl groups is 1. The van der Waals surface area contributed by atoms with Gasteiger partial charge in [0.1, 0.15) is 6.04 Å². The molecule has 0 saturated carbocycles. The molecule has 0 radical (unpaired) electrons. The maximum Gasteiger partial charge on any atom is 0.113 e. The fourth-order valence-corrected chi connectivity index (χ4v) is 0. The zero-order chi connectivity index (χ0) is 11.2. The van der Waals surface area contributed by atoms with Crippen LogP contribution < -0.4 is 5.11 Å². The van der Waals surface area contributed by atoms with E-state index in [4.69, 9.17) is 10.3 Å². The molecule has 0 bridgehead atoms. The molecule has 0 amide bonds. The Labute approximate surface area is 78.8 Å². The van der Waals surface area contributed by atoms with Gasteiger partial charge in [-0.1, -0.05) is 0 Å². The molecule has 0 heterocycles. The van der Waals surface area contributed by atoms with Crippen LogP contribution in [0, 0.1) is 0 Å². The van der Waals surface area contributed by atoms with Gasteiger partial charge in [-0.05, 0) is 20.8 Å². The summed E-state index contributed by atoms with van der Waals surface area (Å²) in [6.07, 6.45) is -1.34. The number of aliphatic carboxylic acids is 1. The third-order valence-electron chi connectivity index (χ3n) is 1.60. The van der Waals surface area contributed by atoms with E-state index in [-0.39, 0.29) is 4.65 Å². The average Bonchev–Trinajstić information content (AvgIpc) is 1.86. The predicted octanol–water partition coefficient (Wildman–Crippen LogP) is -1.02. The molecule has 5 nitrogen and oxygen atoms in total. The summed E-state index contributed by atoms with van der Waals surface area (Å²) in [4.78, 5) is 9.34. The highest BCUT2D eigenvalue weighted by atomic mass is 16.5. The van der Waals surface area contributed by atoms with E-state index in [0.29, 0.717) is 6.04 Å². The van der Waals surface area contributed by atoms with Gasteiger partial charge in [0.2, 0.25) is 0 Å². The second-order valence-corrected chi connectivity index (χ2v) is 3.57. The van der Waals surface area contributed by atoms with Crippen LogP contribution in [0.15, 0.2) is 0 Å². The molecular weight excluding hydrogens is 174 g/mol. The van der Waals surface area contributed by atoms with E-state index >= 15 is 0 Å². The normalized spacial score (nSPS) is 13.2. The second kappa shape index (κ2) is 5.90. The molecule has 0 aromatic rings. The van der Waals surface area contributed by atoms with Crippen molar-refractivity contribution in [3.05, 3.63) is 0 Å². The van der Waals surface area contributed by atoms with Gasteiger partial charge >= 0.3 is 0 Å². The summed E-state index contributed by atoms with van der Waals surface area (Å²) in [6.45, 7) is 5.08. The Bertz CT molecular complexity index is 149. The first-order valence-electron chi connectivity index (χ1n) is 4.04. The minimum absolute atomic E-state index is 0.0556. The lowest BCUT2D eigenvalue weighted by Crippen LogP contribution is -2.41. The van der Waals surface area contributed by atoms with E-state index < -0.39 is 12.1 Å². The number of carbonyl (C=O) groups excluding carboxylic acids is 1. The van der Waals surface area contributed by atoms with Crippen molar-refractivity contribution >= 4 is 5.97 Å². The molecule has 0 aromatic heterocycles. The highest BCUT2D eigenvalue weighted by molar-refractivity contribution is 5.68. The summed E-state index contributed by atoms with van der Waals surface area (Å²) < 4.78 is 0.0556. The molecule has 0 saturated heterocycles. The van der Waals surface area contributed by atoms with Gasteiger partial charge in [0.25, 0.3) is 0 Å². The van der Waals surface area contributed by atoms with E-state index in [1.807, 2.05) is 13.8 Å². The maximum atomic E-state index is 9.34. The van der Waals surface area contributed by atoms with Crippen LogP contribution in [0.5, 0.6) is 0 Å². The van der Waals surface area contributed by atoms with E-state index in [2.05, 4.69) is 0 Å². The number of carboxylic acid groups (broad SMARTS) is 1. The van der Waals surface area contributed by atoms with Crippen LogP contribution in [0.25, 0.3) is 0 Å². The van der Waals surface area contributed by atoms with Gasteiger partial charge in [0.15, 0.2) is 0 Å². The van der Waals surface area contributed by atoms with Gasteiger partial charge in [-0.3, -0.25) is 0 Å². The van der Waals surface area contributed by atoms with E-state index in [1.165, 1.54) is 0 Å². The Morgan fingerprint density at radius 1 is 1.31 bits per heavy atom. The quantitative estimate of drug-likeness (QED) is 0.434. The Kier molecular flexibility index (Phi) is 6.75. The number of carbonyl (C=O) groups is 1. The molecule has 0 aromatic carbocycles. The molecule has 2 N–H and O–H groups in total. The maximum absolute atomic E-state index is 9.34. The van der Waals surface area contributed by atoms with Gasteiger partial charge in [-0.25, -0.2) is 5.21 Å². The van der Waals surface area contributed by atoms with Gasteiger partial charge in [0.05, 0.1) is 26.2 Å². The summed E-state index contributed by atoms with van der Waals surface area (Å²) in [7, 11) is 3.51. The molecule has 13 heavy (non-hydrogen) atoms. The molecule has 0 spiro atoms. The predicted molar refractivity (Wildman–Crippen MR) is 45.7 cm³/mol. The van der Waals surface area contributed by atoms with Crippen molar-refractivity contribution in [2.75, 3.05) is 14.1 Å². The first kappa shape index (κ1) is 14.9. The number of hydroxylamine groups is 3. The van der Waals surface area contributed by atoms with Crippen molar-refractivity contribution in [3.8, 4) is 0 Å². The Morgan fingerprint density at radius 3 is 1.46 bits per heavy atom. The lowest BCUT2D eigenvalue weighted by Gasteiger charge is -2.23. The summed E-state index contributed by atoms with van der Waals surface area (Å²) >= 11 is 0. The van der Waals surface area contributed by atoms with Gasteiger partial charge in [-0.15, -0.1) is 0 Å². The lowest BCUT2D eigenvalue weighted by molar-refractivity contribution is -1.09. The van der Waals surface area contributed by atoms with Crippen molar-refractivity contribution in [2.45, 2.75) is 32.9 Å². The Balaban J connectivity index is 0. The standard InChI is InChI=1S/C5H14NO.C3H6O3/c1-5(2)6(3,4)7;1-2(4)3(5)6/h5,7H,1-4H3;2,4H,1H3,(H,5,6)/q+1;/p-1. The first-order valence-corrected chi connectivity index (χ1v) is 4.04. The number of quaternary nitrogens is 1. The Morgan fingerprint density at radius 2 is 1.46 bits per heavy atom. The molecular formula is C8H19NO4. The number of aliphatic hydroxyl groups excluding tert-OH is 1. The lowest BCUT2D eigenvalue weighted by atomic mass is 10.4. The number of hydrogen-bond acceptors (Lipinski definition) is 4. The van der Waals surface area contributed by atoms with Crippen molar-refractivity contribution in [1.29, 1.82) is 0 Å². The van der Waals surface area contributed by atoms with Crippen LogP contribution in [0.1, 0.15) is 20.8 Å². The van der Waals surface area contributed by atoms with Crippen molar-refractivity contribution in [3.63, 3.8) is 0 Å². The monoisotopic (exact) mass is 193 g/mol. The molecule has 1 atom stereocenters. The zero-order valence-corrected chi connectivity index (χ0v) is 8.81. The van der Waals surface area contributed by atoms with Crippen molar-refractivity contribution in [2.24, 2.45) is 0 Å². The van der Waals surface area contributed by atoms with E-state index in [0.717, 1.165) is 6.92 Å². The third kappa shape index (κ3) is 11.3. The molecule has 1 unspecified atom stereocenters. The molecule has 0 aliphatic carbocycles. The number of nitrogens with zero attached hydrogens (tertiary/aromatic N) is 1. The van der Waals surface area contributed by atoms with Gasteiger partial charge in [-0.2, -0.15) is 4.65 Å². The minimum atomic E-state index is -1.44. The minimum Gasteiger partial charge on any atom is -0.547 e. The number of rotatable bonds is 2. The van der Waals surface area contributed by atoms with Crippen LogP contribution in [0.4, 0.5) is 0 Å².